The van der Waals surface area contributed by atoms with E-state index in [4.69, 9.17) is 0 Å². The maximum atomic E-state index is 12.2. The summed E-state index contributed by atoms with van der Waals surface area (Å²) < 4.78 is 1.88. The summed E-state index contributed by atoms with van der Waals surface area (Å²) in [6.45, 7) is 2.34. The molecule has 1 saturated heterocycles. The summed E-state index contributed by atoms with van der Waals surface area (Å²) in [7, 11) is 0. The Morgan fingerprint density at radius 1 is 1.29 bits per heavy atom. The zero-order valence-electron chi connectivity index (χ0n) is 12.0. The molecule has 1 aromatic heterocycles. The maximum Gasteiger partial charge on any atom is 0.317 e. The van der Waals surface area contributed by atoms with Crippen LogP contribution in [0.3, 0.4) is 0 Å². The second kappa shape index (κ2) is 6.43. The van der Waals surface area contributed by atoms with E-state index in [2.05, 4.69) is 22.5 Å². The van der Waals surface area contributed by atoms with Crippen LogP contribution in [-0.2, 0) is 6.54 Å². The minimum atomic E-state index is 0.0376. The molecule has 5 nitrogen and oxygen atoms in total. The molecule has 1 aromatic carbocycles. The molecule has 0 bridgehead atoms. The van der Waals surface area contributed by atoms with Gasteiger partial charge in [0.15, 0.2) is 0 Å². The lowest BCUT2D eigenvalue weighted by atomic mass is 9.95. The number of rotatable bonds is 5. The molecule has 21 heavy (non-hydrogen) atoms. The highest BCUT2D eigenvalue weighted by molar-refractivity contribution is 5.75. The molecule has 2 aromatic rings. The highest BCUT2D eigenvalue weighted by Crippen LogP contribution is 2.32. The zero-order chi connectivity index (χ0) is 14.5. The van der Waals surface area contributed by atoms with Crippen molar-refractivity contribution in [2.45, 2.75) is 25.4 Å². The Labute approximate surface area is 124 Å². The van der Waals surface area contributed by atoms with E-state index >= 15 is 0 Å². The summed E-state index contributed by atoms with van der Waals surface area (Å²) in [5.74, 6) is 0. The van der Waals surface area contributed by atoms with Gasteiger partial charge in [-0.1, -0.05) is 30.3 Å². The summed E-state index contributed by atoms with van der Waals surface area (Å²) >= 11 is 0. The summed E-state index contributed by atoms with van der Waals surface area (Å²) in [5, 5.41) is 7.13. The molecule has 1 aliphatic heterocycles. The topological polar surface area (TPSA) is 50.2 Å². The van der Waals surface area contributed by atoms with Crippen LogP contribution in [0, 0.1) is 0 Å². The van der Waals surface area contributed by atoms with Gasteiger partial charge in [-0.2, -0.15) is 5.10 Å². The largest absolute Gasteiger partial charge is 0.338 e. The average molecular weight is 284 g/mol. The molecule has 0 spiro atoms. The minimum absolute atomic E-state index is 0.0376. The Bertz CT molecular complexity index is 567. The molecule has 1 aliphatic rings. The van der Waals surface area contributed by atoms with E-state index in [0.717, 1.165) is 25.9 Å². The second-order valence-electron chi connectivity index (χ2n) is 5.26. The lowest BCUT2D eigenvalue weighted by molar-refractivity contribution is 0.115. The van der Waals surface area contributed by atoms with Crippen molar-refractivity contribution in [3.05, 3.63) is 54.4 Å². The number of urea groups is 1. The van der Waals surface area contributed by atoms with E-state index in [1.165, 1.54) is 5.56 Å². The third kappa shape index (κ3) is 3.24. The predicted molar refractivity (Wildman–Crippen MR) is 80.7 cm³/mol. The van der Waals surface area contributed by atoms with Crippen molar-refractivity contribution in [1.82, 2.24) is 20.0 Å². The Hall–Kier alpha value is -2.30. The fraction of sp³-hybridized carbons (Fsp3) is 0.375. The Balaban J connectivity index is 1.43. The van der Waals surface area contributed by atoms with Gasteiger partial charge in [0.05, 0.1) is 6.04 Å². The van der Waals surface area contributed by atoms with Crippen LogP contribution in [0.4, 0.5) is 4.79 Å². The third-order valence-corrected chi connectivity index (χ3v) is 3.86. The van der Waals surface area contributed by atoms with Gasteiger partial charge in [0.25, 0.3) is 0 Å². The molecule has 0 radical (unpaired) electrons. The Kier molecular flexibility index (Phi) is 4.19. The first-order chi connectivity index (χ1) is 10.3. The third-order valence-electron chi connectivity index (χ3n) is 3.86. The van der Waals surface area contributed by atoms with Crippen LogP contribution >= 0.6 is 0 Å². The van der Waals surface area contributed by atoms with Crippen LogP contribution in [0.25, 0.3) is 0 Å². The van der Waals surface area contributed by atoms with Gasteiger partial charge in [-0.05, 0) is 24.5 Å². The summed E-state index contributed by atoms with van der Waals surface area (Å²) in [4.78, 5) is 14.1. The van der Waals surface area contributed by atoms with Gasteiger partial charge >= 0.3 is 6.03 Å². The van der Waals surface area contributed by atoms with Crippen molar-refractivity contribution in [2.75, 3.05) is 13.1 Å². The van der Waals surface area contributed by atoms with Gasteiger partial charge in [-0.25, -0.2) is 4.79 Å². The van der Waals surface area contributed by atoms with Gasteiger partial charge in [-0.15, -0.1) is 0 Å². The van der Waals surface area contributed by atoms with Crippen molar-refractivity contribution in [2.24, 2.45) is 0 Å². The molecular weight excluding hydrogens is 264 g/mol. The lowest BCUT2D eigenvalue weighted by Gasteiger charge is -2.41. The molecule has 1 atom stereocenters. The summed E-state index contributed by atoms with van der Waals surface area (Å²) in [6.07, 6.45) is 5.63. The molecule has 5 heteroatoms. The first-order valence-corrected chi connectivity index (χ1v) is 7.41. The van der Waals surface area contributed by atoms with Crippen molar-refractivity contribution in [3.63, 3.8) is 0 Å². The second-order valence-corrected chi connectivity index (χ2v) is 5.26. The number of carbonyl (C=O) groups is 1. The highest BCUT2D eigenvalue weighted by atomic mass is 16.2. The normalized spacial score (nSPS) is 17.3. The number of nitrogens with one attached hydrogen (secondary N) is 1. The number of amides is 2. The maximum absolute atomic E-state index is 12.2. The van der Waals surface area contributed by atoms with Gasteiger partial charge < -0.3 is 10.2 Å². The summed E-state index contributed by atoms with van der Waals surface area (Å²) in [5.41, 5.74) is 1.22. The number of aromatic nitrogens is 2. The number of nitrogens with zero attached hydrogens (tertiary/aromatic N) is 3. The van der Waals surface area contributed by atoms with E-state index < -0.39 is 0 Å². The smallest absolute Gasteiger partial charge is 0.317 e. The van der Waals surface area contributed by atoms with Crippen LogP contribution in [0.5, 0.6) is 0 Å². The van der Waals surface area contributed by atoms with E-state index in [1.54, 1.807) is 6.20 Å². The van der Waals surface area contributed by atoms with Crippen LogP contribution in [0.2, 0.25) is 0 Å². The van der Waals surface area contributed by atoms with Crippen LogP contribution in [0.1, 0.15) is 24.4 Å². The van der Waals surface area contributed by atoms with Gasteiger partial charge in [0, 0.05) is 32.0 Å². The SMILES string of the molecule is O=C(NCCCn1cccn1)N1CC[C@H]1c1ccccc1. The molecule has 1 N–H and O–H groups in total. The molecule has 2 heterocycles. The Morgan fingerprint density at radius 3 is 2.81 bits per heavy atom. The number of hydrogen-bond acceptors (Lipinski definition) is 2. The van der Waals surface area contributed by atoms with Crippen molar-refractivity contribution in [1.29, 1.82) is 0 Å². The number of aryl methyl sites for hydroxylation is 1. The predicted octanol–water partition coefficient (Wildman–Crippen LogP) is 2.43. The average Bonchev–Trinajstić information content (AvgIpc) is 2.97. The van der Waals surface area contributed by atoms with E-state index in [-0.39, 0.29) is 12.1 Å². The highest BCUT2D eigenvalue weighted by Gasteiger charge is 2.32. The van der Waals surface area contributed by atoms with Crippen LogP contribution in [-0.4, -0.2) is 33.8 Å². The van der Waals surface area contributed by atoms with Crippen LogP contribution in [0.15, 0.2) is 48.8 Å². The van der Waals surface area contributed by atoms with E-state index in [0.29, 0.717) is 6.54 Å². The molecule has 3 rings (SSSR count). The van der Waals surface area contributed by atoms with Crippen molar-refractivity contribution >= 4 is 6.03 Å². The zero-order valence-corrected chi connectivity index (χ0v) is 12.0. The standard InChI is InChI=1S/C16H20N4O/c21-16(17-9-4-11-19-12-5-10-18-19)20-13-8-15(20)14-6-2-1-3-7-14/h1-3,5-7,10,12,15H,4,8-9,11,13H2,(H,17,21)/t15-/m0/s1. The number of carbonyl (C=O) groups excluding carboxylic acids is 1. The quantitative estimate of drug-likeness (QED) is 0.857. The van der Waals surface area contributed by atoms with Crippen molar-refractivity contribution < 1.29 is 4.79 Å². The number of hydrogen-bond donors (Lipinski definition) is 1. The van der Waals surface area contributed by atoms with Gasteiger partial charge in [-0.3, -0.25) is 4.68 Å². The van der Waals surface area contributed by atoms with Crippen molar-refractivity contribution in [3.8, 4) is 0 Å². The first-order valence-electron chi connectivity index (χ1n) is 7.41. The summed E-state index contributed by atoms with van der Waals surface area (Å²) in [6, 6.07) is 12.4. The molecule has 110 valence electrons. The minimum Gasteiger partial charge on any atom is -0.338 e. The lowest BCUT2D eigenvalue weighted by Crippen LogP contribution is -2.50. The molecular formula is C16H20N4O. The van der Waals surface area contributed by atoms with Gasteiger partial charge in [0.2, 0.25) is 0 Å². The fourth-order valence-corrected chi connectivity index (χ4v) is 2.62. The molecule has 0 aliphatic carbocycles. The van der Waals surface area contributed by atoms with Crippen LogP contribution < -0.4 is 5.32 Å². The van der Waals surface area contributed by atoms with Gasteiger partial charge in [0.1, 0.15) is 0 Å². The van der Waals surface area contributed by atoms with E-state index in [1.807, 2.05) is 40.0 Å². The fourth-order valence-electron chi connectivity index (χ4n) is 2.62. The molecule has 0 unspecified atom stereocenters. The molecule has 1 fully saturated rings. The molecule has 2 amide bonds. The molecule has 0 saturated carbocycles. The monoisotopic (exact) mass is 284 g/mol. The van der Waals surface area contributed by atoms with E-state index in [9.17, 15) is 4.79 Å². The number of likely N-dealkylation sites (tertiary alicyclic amines) is 1. The first kappa shape index (κ1) is 13.7. The number of benzene rings is 1. The Morgan fingerprint density at radius 2 is 2.14 bits per heavy atom.